The van der Waals surface area contributed by atoms with Crippen LogP contribution in [0.1, 0.15) is 22.8 Å². The minimum atomic E-state index is -3.77. The smallest absolute Gasteiger partial charge is 0.319 e. The highest BCUT2D eigenvalue weighted by Crippen LogP contribution is 2.23. The predicted octanol–water partition coefficient (Wildman–Crippen LogP) is 3.44. The number of carbonyl (C=O) groups excluding carboxylic acids is 2. The van der Waals surface area contributed by atoms with Gasteiger partial charge in [-0.05, 0) is 55.0 Å². The molecule has 0 bridgehead atoms. The monoisotopic (exact) mass is 409 g/mol. The van der Waals surface area contributed by atoms with Gasteiger partial charge in [-0.15, -0.1) is 0 Å². The van der Waals surface area contributed by atoms with Gasteiger partial charge in [0, 0.05) is 30.2 Å². The Kier molecular flexibility index (Phi) is 6.04. The number of pyridine rings is 1. The summed E-state index contributed by atoms with van der Waals surface area (Å²) < 4.78 is 25.6. The van der Waals surface area contributed by atoms with E-state index in [0.717, 1.165) is 5.56 Å². The van der Waals surface area contributed by atoms with E-state index in [-0.39, 0.29) is 15.6 Å². The standard InChI is InChI=1S/C21H19N3O4S/c1-15(25)17-5-2-6-20(12-17)29(27,28)19-9-7-18(8-10-19)24-21(26)23-14-16-4-3-11-22-13-16/h2-13H,14H2,1H3,(H2,23,24,26). The predicted molar refractivity (Wildman–Crippen MR) is 108 cm³/mol. The van der Waals surface area contributed by atoms with Crippen LogP contribution < -0.4 is 10.6 Å². The number of urea groups is 1. The number of hydrogen-bond donors (Lipinski definition) is 2. The molecule has 0 atom stereocenters. The normalized spacial score (nSPS) is 10.9. The van der Waals surface area contributed by atoms with Gasteiger partial charge in [-0.3, -0.25) is 9.78 Å². The Labute approximate surface area is 168 Å². The fourth-order valence-corrected chi connectivity index (χ4v) is 3.90. The van der Waals surface area contributed by atoms with Crippen LogP contribution in [0.15, 0.2) is 82.8 Å². The van der Waals surface area contributed by atoms with E-state index in [1.807, 2.05) is 6.07 Å². The van der Waals surface area contributed by atoms with Crippen LogP contribution in [0.4, 0.5) is 10.5 Å². The van der Waals surface area contributed by atoms with Gasteiger partial charge in [-0.2, -0.15) is 0 Å². The number of sulfone groups is 1. The Morgan fingerprint density at radius 2 is 1.72 bits per heavy atom. The number of rotatable bonds is 6. The lowest BCUT2D eigenvalue weighted by Crippen LogP contribution is -2.28. The van der Waals surface area contributed by atoms with Gasteiger partial charge in [0.25, 0.3) is 0 Å². The average molecular weight is 409 g/mol. The van der Waals surface area contributed by atoms with E-state index in [1.54, 1.807) is 24.5 Å². The SMILES string of the molecule is CC(=O)c1cccc(S(=O)(=O)c2ccc(NC(=O)NCc3cccnc3)cc2)c1. The van der Waals surface area contributed by atoms with E-state index in [1.165, 1.54) is 49.4 Å². The second kappa shape index (κ2) is 8.66. The summed E-state index contributed by atoms with van der Waals surface area (Å²) in [6.45, 7) is 1.70. The van der Waals surface area contributed by atoms with Gasteiger partial charge in [0.2, 0.25) is 9.84 Å². The Hall–Kier alpha value is -3.52. The number of hydrogen-bond acceptors (Lipinski definition) is 5. The van der Waals surface area contributed by atoms with Crippen molar-refractivity contribution >= 4 is 27.3 Å². The number of ketones is 1. The molecule has 1 heterocycles. The van der Waals surface area contributed by atoms with Crippen molar-refractivity contribution in [3.63, 3.8) is 0 Å². The van der Waals surface area contributed by atoms with Crippen molar-refractivity contribution in [1.29, 1.82) is 0 Å². The lowest BCUT2D eigenvalue weighted by molar-refractivity contribution is 0.101. The summed E-state index contributed by atoms with van der Waals surface area (Å²) in [6, 6.07) is 14.9. The van der Waals surface area contributed by atoms with Gasteiger partial charge in [0.05, 0.1) is 9.79 Å². The maximum absolute atomic E-state index is 12.8. The molecule has 3 aromatic rings. The number of anilines is 1. The molecule has 0 aliphatic rings. The highest BCUT2D eigenvalue weighted by atomic mass is 32.2. The lowest BCUT2D eigenvalue weighted by atomic mass is 10.2. The van der Waals surface area contributed by atoms with E-state index in [0.29, 0.717) is 17.8 Å². The summed E-state index contributed by atoms with van der Waals surface area (Å²) in [7, 11) is -3.77. The Bertz CT molecular complexity index is 1130. The number of benzene rings is 2. The van der Waals surface area contributed by atoms with Crippen LogP contribution in [0.5, 0.6) is 0 Å². The van der Waals surface area contributed by atoms with Gasteiger partial charge >= 0.3 is 6.03 Å². The number of Topliss-reactive ketones (excluding diaryl/α,β-unsaturated/α-hetero) is 1. The van der Waals surface area contributed by atoms with E-state index >= 15 is 0 Å². The van der Waals surface area contributed by atoms with E-state index in [4.69, 9.17) is 0 Å². The first-order valence-electron chi connectivity index (χ1n) is 8.76. The zero-order chi connectivity index (χ0) is 20.9. The summed E-state index contributed by atoms with van der Waals surface area (Å²) in [6.07, 6.45) is 3.30. The molecule has 0 aliphatic carbocycles. The summed E-state index contributed by atoms with van der Waals surface area (Å²) in [5.74, 6) is -0.209. The molecule has 0 spiro atoms. The lowest BCUT2D eigenvalue weighted by Gasteiger charge is -2.09. The second-order valence-corrected chi connectivity index (χ2v) is 8.23. The zero-order valence-corrected chi connectivity index (χ0v) is 16.4. The molecule has 7 nitrogen and oxygen atoms in total. The molecular weight excluding hydrogens is 390 g/mol. The number of amides is 2. The molecule has 0 radical (unpaired) electrons. The minimum Gasteiger partial charge on any atom is -0.334 e. The number of nitrogens with one attached hydrogen (secondary N) is 2. The van der Waals surface area contributed by atoms with E-state index < -0.39 is 15.9 Å². The zero-order valence-electron chi connectivity index (χ0n) is 15.6. The van der Waals surface area contributed by atoms with Crippen LogP contribution in [-0.2, 0) is 16.4 Å². The Balaban J connectivity index is 1.68. The fourth-order valence-electron chi connectivity index (χ4n) is 2.60. The van der Waals surface area contributed by atoms with Gasteiger partial charge < -0.3 is 10.6 Å². The maximum atomic E-state index is 12.8. The van der Waals surface area contributed by atoms with Crippen LogP contribution in [-0.4, -0.2) is 25.2 Å². The Morgan fingerprint density at radius 3 is 2.38 bits per heavy atom. The third kappa shape index (κ3) is 5.05. The van der Waals surface area contributed by atoms with E-state index in [9.17, 15) is 18.0 Å². The van der Waals surface area contributed by atoms with Crippen molar-refractivity contribution in [1.82, 2.24) is 10.3 Å². The topological polar surface area (TPSA) is 105 Å². The van der Waals surface area contributed by atoms with Crippen molar-refractivity contribution in [2.75, 3.05) is 5.32 Å². The summed E-state index contributed by atoms with van der Waals surface area (Å²) in [5.41, 5.74) is 1.64. The number of nitrogens with zero attached hydrogens (tertiary/aromatic N) is 1. The molecule has 2 N–H and O–H groups in total. The van der Waals surface area contributed by atoms with Gasteiger partial charge in [-0.1, -0.05) is 18.2 Å². The van der Waals surface area contributed by atoms with Crippen molar-refractivity contribution in [2.24, 2.45) is 0 Å². The summed E-state index contributed by atoms with van der Waals surface area (Å²) >= 11 is 0. The molecule has 2 aromatic carbocycles. The molecule has 0 saturated heterocycles. The van der Waals surface area contributed by atoms with Crippen LogP contribution in [0, 0.1) is 0 Å². The van der Waals surface area contributed by atoms with Gasteiger partial charge in [0.15, 0.2) is 5.78 Å². The van der Waals surface area contributed by atoms with Crippen molar-refractivity contribution in [2.45, 2.75) is 23.3 Å². The van der Waals surface area contributed by atoms with Crippen LogP contribution in [0.25, 0.3) is 0 Å². The van der Waals surface area contributed by atoms with Crippen LogP contribution >= 0.6 is 0 Å². The van der Waals surface area contributed by atoms with Crippen LogP contribution in [0.2, 0.25) is 0 Å². The minimum absolute atomic E-state index is 0.0418. The summed E-state index contributed by atoms with van der Waals surface area (Å²) in [5, 5.41) is 5.34. The van der Waals surface area contributed by atoms with Gasteiger partial charge in [0.1, 0.15) is 0 Å². The van der Waals surface area contributed by atoms with Gasteiger partial charge in [-0.25, -0.2) is 13.2 Å². The van der Waals surface area contributed by atoms with Crippen molar-refractivity contribution in [3.05, 3.63) is 84.2 Å². The molecule has 8 heteroatoms. The third-order valence-electron chi connectivity index (χ3n) is 4.15. The average Bonchev–Trinajstić information content (AvgIpc) is 2.73. The molecular formula is C21H19N3O4S. The largest absolute Gasteiger partial charge is 0.334 e. The van der Waals surface area contributed by atoms with Crippen molar-refractivity contribution < 1.29 is 18.0 Å². The first-order valence-corrected chi connectivity index (χ1v) is 10.2. The molecule has 148 valence electrons. The fraction of sp³-hybridized carbons (Fsp3) is 0.0952. The second-order valence-electron chi connectivity index (χ2n) is 6.28. The number of carbonyl (C=O) groups is 2. The molecule has 29 heavy (non-hydrogen) atoms. The molecule has 0 aliphatic heterocycles. The molecule has 0 unspecified atom stereocenters. The first kappa shape index (κ1) is 20.2. The van der Waals surface area contributed by atoms with Crippen LogP contribution in [0.3, 0.4) is 0 Å². The van der Waals surface area contributed by atoms with E-state index in [2.05, 4.69) is 15.6 Å². The quantitative estimate of drug-likeness (QED) is 0.607. The summed E-state index contributed by atoms with van der Waals surface area (Å²) in [4.78, 5) is 27.6. The van der Waals surface area contributed by atoms with Crippen molar-refractivity contribution in [3.8, 4) is 0 Å². The molecule has 3 rings (SSSR count). The molecule has 1 aromatic heterocycles. The third-order valence-corrected chi connectivity index (χ3v) is 5.92. The first-order chi connectivity index (χ1) is 13.9. The Morgan fingerprint density at radius 1 is 0.966 bits per heavy atom. The number of aromatic nitrogens is 1. The molecule has 0 fully saturated rings. The molecule has 0 saturated carbocycles. The molecule has 2 amide bonds. The highest BCUT2D eigenvalue weighted by molar-refractivity contribution is 7.91. The highest BCUT2D eigenvalue weighted by Gasteiger charge is 2.18. The maximum Gasteiger partial charge on any atom is 0.319 e.